The number of anilines is 1. The quantitative estimate of drug-likeness (QED) is 0.459. The van der Waals surface area contributed by atoms with E-state index >= 15 is 0 Å². The van der Waals surface area contributed by atoms with E-state index in [0.717, 1.165) is 4.90 Å². The molecule has 8 nitrogen and oxygen atoms in total. The third-order valence-electron chi connectivity index (χ3n) is 4.51. The summed E-state index contributed by atoms with van der Waals surface area (Å²) in [5, 5.41) is 15.3. The summed E-state index contributed by atoms with van der Waals surface area (Å²) in [6, 6.07) is 10.4. The van der Waals surface area contributed by atoms with Crippen LogP contribution >= 0.6 is 23.2 Å². The molecule has 0 aliphatic carbocycles. The summed E-state index contributed by atoms with van der Waals surface area (Å²) in [5.74, 6) is -0.355. The molecule has 0 radical (unpaired) electrons. The van der Waals surface area contributed by atoms with Gasteiger partial charge in [-0.25, -0.2) is 9.59 Å². The Morgan fingerprint density at radius 1 is 1.06 bits per heavy atom. The van der Waals surface area contributed by atoms with Crippen molar-refractivity contribution in [2.75, 3.05) is 19.0 Å². The lowest BCUT2D eigenvalue weighted by atomic mass is 10.0. The Morgan fingerprint density at radius 2 is 1.67 bits per heavy atom. The van der Waals surface area contributed by atoms with Gasteiger partial charge in [-0.2, -0.15) is 0 Å². The molecule has 0 bridgehead atoms. The van der Waals surface area contributed by atoms with Crippen LogP contribution in [0.1, 0.15) is 26.3 Å². The standard InChI is InChI=1S/C23H25Cl2N3O5/c1-23(2,3)28(22(31)32)13-15(11-14-12-17(25)7-10-19(14)33-4)20(29)27-21(30)26-18-8-5-16(24)6-9-18/h5-12H,13H2,1-4H3,(H,31,32)(H2,26,27,29,30)/b15-11+. The van der Waals surface area contributed by atoms with Crippen molar-refractivity contribution in [3.8, 4) is 5.75 Å². The van der Waals surface area contributed by atoms with Crippen molar-refractivity contribution in [2.24, 2.45) is 0 Å². The van der Waals surface area contributed by atoms with Gasteiger partial charge in [-0.15, -0.1) is 0 Å². The number of nitrogens with zero attached hydrogens (tertiary/aromatic N) is 1. The minimum atomic E-state index is -1.22. The van der Waals surface area contributed by atoms with Gasteiger partial charge in [0.2, 0.25) is 0 Å². The van der Waals surface area contributed by atoms with Gasteiger partial charge in [0.05, 0.1) is 13.7 Å². The van der Waals surface area contributed by atoms with Crippen LogP contribution in [0, 0.1) is 0 Å². The van der Waals surface area contributed by atoms with Crippen molar-refractivity contribution in [2.45, 2.75) is 26.3 Å². The summed E-state index contributed by atoms with van der Waals surface area (Å²) in [7, 11) is 1.46. The highest BCUT2D eigenvalue weighted by Gasteiger charge is 2.29. The highest BCUT2D eigenvalue weighted by atomic mass is 35.5. The lowest BCUT2D eigenvalue weighted by Crippen LogP contribution is -2.48. The third-order valence-corrected chi connectivity index (χ3v) is 5.00. The number of carbonyl (C=O) groups is 3. The molecular formula is C23H25Cl2N3O5. The van der Waals surface area contributed by atoms with Gasteiger partial charge in [0.1, 0.15) is 5.75 Å². The molecule has 0 unspecified atom stereocenters. The second kappa shape index (κ2) is 11.1. The number of amides is 4. The van der Waals surface area contributed by atoms with Crippen LogP contribution in [-0.2, 0) is 4.79 Å². The number of imide groups is 1. The number of ether oxygens (including phenoxy) is 1. The zero-order chi connectivity index (χ0) is 24.8. The smallest absolute Gasteiger partial charge is 0.408 e. The highest BCUT2D eigenvalue weighted by Crippen LogP contribution is 2.26. The first-order chi connectivity index (χ1) is 15.4. The topological polar surface area (TPSA) is 108 Å². The SMILES string of the molecule is COc1ccc(Cl)cc1/C=C(\CN(C(=O)O)C(C)(C)C)C(=O)NC(=O)Nc1ccc(Cl)cc1. The number of carbonyl (C=O) groups excluding carboxylic acids is 2. The Hall–Kier alpha value is -3.23. The molecule has 0 aromatic heterocycles. The van der Waals surface area contributed by atoms with Crippen molar-refractivity contribution in [1.82, 2.24) is 10.2 Å². The van der Waals surface area contributed by atoms with Crippen molar-refractivity contribution in [1.29, 1.82) is 0 Å². The molecule has 0 atom stereocenters. The Balaban J connectivity index is 2.37. The van der Waals surface area contributed by atoms with Gasteiger partial charge >= 0.3 is 12.1 Å². The maximum atomic E-state index is 13.0. The third kappa shape index (κ3) is 7.69. The molecule has 2 aromatic rings. The Bertz CT molecular complexity index is 1060. The van der Waals surface area contributed by atoms with Crippen LogP contribution in [-0.4, -0.2) is 47.2 Å². The fourth-order valence-corrected chi connectivity index (χ4v) is 3.14. The average Bonchev–Trinajstić information content (AvgIpc) is 2.71. The van der Waals surface area contributed by atoms with Crippen LogP contribution in [0.2, 0.25) is 10.0 Å². The largest absolute Gasteiger partial charge is 0.496 e. The van der Waals surface area contributed by atoms with Crippen LogP contribution in [0.15, 0.2) is 48.0 Å². The summed E-state index contributed by atoms with van der Waals surface area (Å²) < 4.78 is 5.32. The van der Waals surface area contributed by atoms with Crippen LogP contribution in [0.4, 0.5) is 15.3 Å². The molecule has 4 amide bonds. The molecule has 3 N–H and O–H groups in total. The molecule has 10 heteroatoms. The fraction of sp³-hybridized carbons (Fsp3) is 0.261. The summed E-state index contributed by atoms with van der Waals surface area (Å²) in [6.07, 6.45) is 0.224. The van der Waals surface area contributed by atoms with Gasteiger partial charge in [-0.05, 0) is 69.3 Å². The summed E-state index contributed by atoms with van der Waals surface area (Å²) in [5.41, 5.74) is 0.0788. The van der Waals surface area contributed by atoms with Crippen LogP contribution in [0.25, 0.3) is 6.08 Å². The van der Waals surface area contributed by atoms with Gasteiger partial charge in [0, 0.05) is 32.4 Å². The fourth-order valence-electron chi connectivity index (χ4n) is 2.83. The van der Waals surface area contributed by atoms with Crippen molar-refractivity contribution >= 4 is 53.0 Å². The number of benzene rings is 2. The molecule has 0 saturated carbocycles. The highest BCUT2D eigenvalue weighted by molar-refractivity contribution is 6.31. The van der Waals surface area contributed by atoms with E-state index in [4.69, 9.17) is 27.9 Å². The number of hydrogen-bond donors (Lipinski definition) is 3. The minimum absolute atomic E-state index is 0.0131. The van der Waals surface area contributed by atoms with E-state index in [0.29, 0.717) is 27.0 Å². The van der Waals surface area contributed by atoms with Gasteiger partial charge in [0.25, 0.3) is 5.91 Å². The van der Waals surface area contributed by atoms with Gasteiger partial charge in [-0.3, -0.25) is 15.0 Å². The first-order valence-corrected chi connectivity index (χ1v) is 10.6. The van der Waals surface area contributed by atoms with Crippen molar-refractivity contribution < 1.29 is 24.2 Å². The first kappa shape index (κ1) is 26.0. The molecule has 0 heterocycles. The second-order valence-electron chi connectivity index (χ2n) is 8.01. The van der Waals surface area contributed by atoms with E-state index in [1.165, 1.54) is 13.2 Å². The van der Waals surface area contributed by atoms with Gasteiger partial charge < -0.3 is 15.2 Å². The summed E-state index contributed by atoms with van der Waals surface area (Å²) in [6.45, 7) is 4.81. The summed E-state index contributed by atoms with van der Waals surface area (Å²) in [4.78, 5) is 38.3. The molecule has 176 valence electrons. The van der Waals surface area contributed by atoms with Gasteiger partial charge in [0.15, 0.2) is 0 Å². The lowest BCUT2D eigenvalue weighted by molar-refractivity contribution is -0.116. The zero-order valence-corrected chi connectivity index (χ0v) is 20.1. The maximum Gasteiger partial charge on any atom is 0.408 e. The maximum absolute atomic E-state index is 13.0. The van der Waals surface area contributed by atoms with Crippen LogP contribution < -0.4 is 15.4 Å². The van der Waals surface area contributed by atoms with Crippen LogP contribution in [0.5, 0.6) is 5.75 Å². The Kier molecular flexibility index (Phi) is 8.73. The predicted octanol–water partition coefficient (Wildman–Crippen LogP) is 5.51. The van der Waals surface area contributed by atoms with E-state index in [9.17, 15) is 19.5 Å². The molecule has 0 spiro atoms. The van der Waals surface area contributed by atoms with Gasteiger partial charge in [-0.1, -0.05) is 23.2 Å². The zero-order valence-electron chi connectivity index (χ0n) is 18.6. The molecule has 33 heavy (non-hydrogen) atoms. The number of methoxy groups -OCH3 is 1. The number of rotatable bonds is 6. The number of nitrogens with one attached hydrogen (secondary N) is 2. The van der Waals surface area contributed by atoms with E-state index in [1.54, 1.807) is 63.2 Å². The normalized spacial score (nSPS) is 11.5. The Labute approximate surface area is 202 Å². The van der Waals surface area contributed by atoms with E-state index < -0.39 is 23.6 Å². The van der Waals surface area contributed by atoms with Crippen molar-refractivity contribution in [3.63, 3.8) is 0 Å². The lowest BCUT2D eigenvalue weighted by Gasteiger charge is -2.33. The van der Waals surface area contributed by atoms with E-state index in [-0.39, 0.29) is 12.1 Å². The number of carboxylic acid groups (broad SMARTS) is 1. The molecule has 2 rings (SSSR count). The average molecular weight is 494 g/mol. The summed E-state index contributed by atoms with van der Waals surface area (Å²) >= 11 is 11.9. The second-order valence-corrected chi connectivity index (χ2v) is 8.88. The van der Waals surface area contributed by atoms with E-state index in [1.807, 2.05) is 0 Å². The first-order valence-electron chi connectivity index (χ1n) is 9.83. The molecular weight excluding hydrogens is 469 g/mol. The molecule has 0 aliphatic rings. The number of halogens is 2. The van der Waals surface area contributed by atoms with Crippen LogP contribution in [0.3, 0.4) is 0 Å². The predicted molar refractivity (Wildman–Crippen MR) is 129 cm³/mol. The number of hydrogen-bond acceptors (Lipinski definition) is 4. The monoisotopic (exact) mass is 493 g/mol. The number of urea groups is 1. The molecule has 0 saturated heterocycles. The molecule has 0 aliphatic heterocycles. The minimum Gasteiger partial charge on any atom is -0.496 e. The Morgan fingerprint density at radius 3 is 2.21 bits per heavy atom. The van der Waals surface area contributed by atoms with Crippen molar-refractivity contribution in [3.05, 3.63) is 63.6 Å². The molecule has 2 aromatic carbocycles. The molecule has 0 fully saturated rings. The van der Waals surface area contributed by atoms with E-state index in [2.05, 4.69) is 10.6 Å².